The highest BCUT2D eigenvalue weighted by Gasteiger charge is 2.23. The van der Waals surface area contributed by atoms with Crippen LogP contribution in [0.5, 0.6) is 0 Å². The van der Waals surface area contributed by atoms with Gasteiger partial charge in [0.15, 0.2) is 0 Å². The molecule has 0 radical (unpaired) electrons. The molecule has 0 unspecified atom stereocenters. The molecule has 0 bridgehead atoms. The first-order valence-electron chi connectivity index (χ1n) is 8.20. The lowest BCUT2D eigenvalue weighted by molar-refractivity contribution is -0.313. The van der Waals surface area contributed by atoms with E-state index in [2.05, 4.69) is 0 Å². The normalized spacial score (nSPS) is 13.6. The van der Waals surface area contributed by atoms with Crippen molar-refractivity contribution in [2.24, 2.45) is 0 Å². The molecule has 0 amide bonds. The van der Waals surface area contributed by atoms with E-state index in [9.17, 15) is 9.59 Å². The highest BCUT2D eigenvalue weighted by atomic mass is 17.2. The zero-order chi connectivity index (χ0) is 20.1. The molecule has 0 aliphatic carbocycles. The molecule has 0 fully saturated rings. The molecule has 0 aromatic heterocycles. The third-order valence-electron chi connectivity index (χ3n) is 2.63. The molecule has 0 rings (SSSR count). The van der Waals surface area contributed by atoms with Crippen LogP contribution in [-0.4, -0.2) is 23.1 Å². The lowest BCUT2D eigenvalue weighted by atomic mass is 10.0. The molecule has 6 heteroatoms. The van der Waals surface area contributed by atoms with Gasteiger partial charge >= 0.3 is 11.9 Å². The van der Waals surface area contributed by atoms with Crippen LogP contribution < -0.4 is 0 Å². The van der Waals surface area contributed by atoms with E-state index < -0.39 is 23.1 Å². The highest BCUT2D eigenvalue weighted by Crippen LogP contribution is 2.18. The summed E-state index contributed by atoms with van der Waals surface area (Å²) in [5.74, 6) is -1.25. The first kappa shape index (κ1) is 23.6. The highest BCUT2D eigenvalue weighted by molar-refractivity contribution is 5.82. The van der Waals surface area contributed by atoms with E-state index in [1.54, 1.807) is 76.3 Å². The van der Waals surface area contributed by atoms with Gasteiger partial charge < -0.3 is 0 Å². The summed E-state index contributed by atoms with van der Waals surface area (Å²) in [5.41, 5.74) is -1.80. The molecule has 0 atom stereocenters. The summed E-state index contributed by atoms with van der Waals surface area (Å²) in [4.78, 5) is 42.6. The Labute approximate surface area is 155 Å². The molecule has 0 N–H and O–H groups in total. The van der Waals surface area contributed by atoms with Crippen LogP contribution >= 0.6 is 0 Å². The standard InChI is InChI=1S/C20H28O6/c1-7-9-11-13-17(21)23-25-19(3,4)15-16-20(5,6)26-24-18(22)14-12-10-8-2/h7-16H,1-6H3/b9-7+,10-8+,13-11+,14-12+,16-15?. The van der Waals surface area contributed by atoms with Gasteiger partial charge in [0.05, 0.1) is 0 Å². The van der Waals surface area contributed by atoms with Crippen molar-refractivity contribution in [3.63, 3.8) is 0 Å². The average Bonchev–Trinajstić information content (AvgIpc) is 2.57. The molecule has 0 aliphatic heterocycles. The van der Waals surface area contributed by atoms with Crippen LogP contribution in [0.2, 0.25) is 0 Å². The van der Waals surface area contributed by atoms with E-state index >= 15 is 0 Å². The Morgan fingerprint density at radius 3 is 1.31 bits per heavy atom. The van der Waals surface area contributed by atoms with Crippen molar-refractivity contribution < 1.29 is 29.1 Å². The summed E-state index contributed by atoms with van der Waals surface area (Å²) < 4.78 is 0. The van der Waals surface area contributed by atoms with Gasteiger partial charge in [0.1, 0.15) is 11.2 Å². The second-order valence-electron chi connectivity index (χ2n) is 6.28. The maximum atomic E-state index is 11.5. The number of rotatable bonds is 10. The van der Waals surface area contributed by atoms with Crippen LogP contribution in [0.1, 0.15) is 41.5 Å². The Hall–Kier alpha value is -2.44. The Morgan fingerprint density at radius 1 is 0.654 bits per heavy atom. The predicted octanol–water partition coefficient (Wildman–Crippen LogP) is 4.31. The van der Waals surface area contributed by atoms with Crippen LogP contribution in [0.15, 0.2) is 60.8 Å². The van der Waals surface area contributed by atoms with E-state index in [-0.39, 0.29) is 0 Å². The van der Waals surface area contributed by atoms with Crippen molar-refractivity contribution >= 4 is 11.9 Å². The van der Waals surface area contributed by atoms with Gasteiger partial charge in [-0.15, -0.1) is 0 Å². The predicted molar refractivity (Wildman–Crippen MR) is 99.6 cm³/mol. The van der Waals surface area contributed by atoms with Gasteiger partial charge in [-0.2, -0.15) is 9.78 Å². The van der Waals surface area contributed by atoms with Crippen molar-refractivity contribution in [3.8, 4) is 0 Å². The summed E-state index contributed by atoms with van der Waals surface area (Å²) in [7, 11) is 0. The quantitative estimate of drug-likeness (QED) is 0.189. The summed E-state index contributed by atoms with van der Waals surface area (Å²) >= 11 is 0. The van der Waals surface area contributed by atoms with E-state index in [1.807, 2.05) is 13.8 Å². The smallest absolute Gasteiger partial charge is 0.293 e. The fourth-order valence-electron chi connectivity index (χ4n) is 1.30. The average molecular weight is 364 g/mol. The Bertz CT molecular complexity index is 539. The van der Waals surface area contributed by atoms with Crippen LogP contribution in [0.4, 0.5) is 0 Å². The van der Waals surface area contributed by atoms with Gasteiger partial charge in [0, 0.05) is 12.2 Å². The molecule has 0 spiro atoms. The van der Waals surface area contributed by atoms with Crippen molar-refractivity contribution in [3.05, 3.63) is 60.8 Å². The molecule has 144 valence electrons. The maximum absolute atomic E-state index is 11.5. The number of carbonyl (C=O) groups excluding carboxylic acids is 2. The molecule has 6 nitrogen and oxygen atoms in total. The summed E-state index contributed by atoms with van der Waals surface area (Å²) in [6.07, 6.45) is 15.8. The fourth-order valence-corrected chi connectivity index (χ4v) is 1.30. The van der Waals surface area contributed by atoms with Crippen LogP contribution in [0, 0.1) is 0 Å². The van der Waals surface area contributed by atoms with Crippen molar-refractivity contribution in [1.82, 2.24) is 0 Å². The largest absolute Gasteiger partial charge is 0.365 e. The maximum Gasteiger partial charge on any atom is 0.365 e. The molecule has 0 saturated heterocycles. The topological polar surface area (TPSA) is 71.1 Å². The third kappa shape index (κ3) is 12.9. The fraction of sp³-hybridized carbons (Fsp3) is 0.400. The first-order chi connectivity index (χ1) is 12.1. The first-order valence-corrected chi connectivity index (χ1v) is 8.20. The van der Waals surface area contributed by atoms with Gasteiger partial charge in [-0.3, -0.25) is 9.78 Å². The van der Waals surface area contributed by atoms with Crippen LogP contribution in [0.25, 0.3) is 0 Å². The zero-order valence-corrected chi connectivity index (χ0v) is 16.2. The molecule has 0 aromatic carbocycles. The number of hydrogen-bond donors (Lipinski definition) is 0. The summed E-state index contributed by atoms with van der Waals surface area (Å²) in [6.45, 7) is 10.5. The number of hydrogen-bond acceptors (Lipinski definition) is 6. The van der Waals surface area contributed by atoms with Gasteiger partial charge in [0.2, 0.25) is 0 Å². The van der Waals surface area contributed by atoms with Crippen molar-refractivity contribution in [2.75, 3.05) is 0 Å². The van der Waals surface area contributed by atoms with Gasteiger partial charge in [-0.25, -0.2) is 9.59 Å². The molecule has 0 aliphatic rings. The van der Waals surface area contributed by atoms with E-state index in [1.165, 1.54) is 12.2 Å². The minimum absolute atomic E-state index is 0.623. The van der Waals surface area contributed by atoms with Crippen LogP contribution in [0.3, 0.4) is 0 Å². The number of carbonyl (C=O) groups is 2. The second-order valence-corrected chi connectivity index (χ2v) is 6.28. The second kappa shape index (κ2) is 12.0. The van der Waals surface area contributed by atoms with E-state index in [0.29, 0.717) is 0 Å². The lowest BCUT2D eigenvalue weighted by Gasteiger charge is -2.22. The molecule has 0 saturated carbocycles. The molecular formula is C20H28O6. The third-order valence-corrected chi connectivity index (χ3v) is 2.63. The van der Waals surface area contributed by atoms with Crippen molar-refractivity contribution in [1.29, 1.82) is 0 Å². The van der Waals surface area contributed by atoms with Gasteiger partial charge in [-0.05, 0) is 41.5 Å². The lowest BCUT2D eigenvalue weighted by Crippen LogP contribution is -2.27. The van der Waals surface area contributed by atoms with Gasteiger partial charge in [0.25, 0.3) is 0 Å². The molecule has 26 heavy (non-hydrogen) atoms. The van der Waals surface area contributed by atoms with Crippen molar-refractivity contribution in [2.45, 2.75) is 52.7 Å². The van der Waals surface area contributed by atoms with E-state index in [0.717, 1.165) is 0 Å². The number of allylic oxidation sites excluding steroid dienone is 6. The summed E-state index contributed by atoms with van der Waals surface area (Å²) in [5, 5.41) is 0. The monoisotopic (exact) mass is 364 g/mol. The van der Waals surface area contributed by atoms with E-state index in [4.69, 9.17) is 19.6 Å². The van der Waals surface area contributed by atoms with Crippen LogP contribution in [-0.2, 0) is 29.1 Å². The Kier molecular flexibility index (Phi) is 10.9. The Morgan fingerprint density at radius 2 is 1.00 bits per heavy atom. The minimum atomic E-state index is -0.902. The van der Waals surface area contributed by atoms with Gasteiger partial charge in [-0.1, -0.05) is 48.6 Å². The SMILES string of the molecule is C/C=C/C=C/C(=O)OOC(C)(C)C=CC(C)(C)OOC(=O)/C=C/C=C/C. The molecule has 0 heterocycles. The Balaban J connectivity index is 4.53. The summed E-state index contributed by atoms with van der Waals surface area (Å²) in [6, 6.07) is 0. The molecule has 0 aromatic rings. The molecular weight excluding hydrogens is 336 g/mol. The minimum Gasteiger partial charge on any atom is -0.293 e. The zero-order valence-electron chi connectivity index (χ0n) is 16.2.